The Labute approximate surface area is 102 Å². The summed E-state index contributed by atoms with van der Waals surface area (Å²) in [6.45, 7) is 4.89. The zero-order valence-corrected chi connectivity index (χ0v) is 10.4. The van der Waals surface area contributed by atoms with Gasteiger partial charge >= 0.3 is 0 Å². The second-order valence-electron chi connectivity index (χ2n) is 4.58. The lowest BCUT2D eigenvalue weighted by molar-refractivity contribution is -0.131. The SMILES string of the molecule is CCN(C)C(=O)CN1Cc2ccc(N)cc2C1. The van der Waals surface area contributed by atoms with E-state index in [9.17, 15) is 4.79 Å². The molecule has 4 nitrogen and oxygen atoms in total. The Bertz CT molecular complexity index is 431. The number of anilines is 1. The zero-order chi connectivity index (χ0) is 12.4. The molecule has 0 saturated heterocycles. The third kappa shape index (κ3) is 2.58. The van der Waals surface area contributed by atoms with Gasteiger partial charge in [-0.15, -0.1) is 0 Å². The molecule has 1 amide bonds. The predicted octanol–water partition coefficient (Wildman–Crippen LogP) is 1.06. The number of likely N-dealkylation sites (N-methyl/N-ethyl adjacent to an activating group) is 1. The molecule has 0 atom stereocenters. The summed E-state index contributed by atoms with van der Waals surface area (Å²) in [6.07, 6.45) is 0. The molecule has 0 aliphatic carbocycles. The number of benzene rings is 1. The molecule has 1 aliphatic heterocycles. The number of fused-ring (bicyclic) bond motifs is 1. The first-order valence-electron chi connectivity index (χ1n) is 5.93. The summed E-state index contributed by atoms with van der Waals surface area (Å²) in [5.41, 5.74) is 9.08. The van der Waals surface area contributed by atoms with Crippen molar-refractivity contribution in [3.05, 3.63) is 29.3 Å². The van der Waals surface area contributed by atoms with Crippen molar-refractivity contribution in [2.24, 2.45) is 0 Å². The fourth-order valence-corrected chi connectivity index (χ4v) is 2.09. The molecule has 1 aromatic rings. The standard InChI is InChI=1S/C13H19N3O/c1-3-15(2)13(17)9-16-7-10-4-5-12(14)6-11(10)8-16/h4-6H,3,7-9,14H2,1-2H3. The Hall–Kier alpha value is -1.55. The van der Waals surface area contributed by atoms with Gasteiger partial charge in [0.05, 0.1) is 6.54 Å². The van der Waals surface area contributed by atoms with Gasteiger partial charge in [0.1, 0.15) is 0 Å². The van der Waals surface area contributed by atoms with E-state index < -0.39 is 0 Å². The van der Waals surface area contributed by atoms with Gasteiger partial charge in [0.15, 0.2) is 0 Å². The fourth-order valence-electron chi connectivity index (χ4n) is 2.09. The number of nitrogens with two attached hydrogens (primary N) is 1. The Balaban J connectivity index is 1.99. The molecule has 2 rings (SSSR count). The third-order valence-corrected chi connectivity index (χ3v) is 3.28. The van der Waals surface area contributed by atoms with Crippen LogP contribution in [0.1, 0.15) is 18.1 Å². The van der Waals surface area contributed by atoms with Crippen molar-refractivity contribution in [3.8, 4) is 0 Å². The van der Waals surface area contributed by atoms with Gasteiger partial charge in [0.2, 0.25) is 5.91 Å². The van der Waals surface area contributed by atoms with Crippen molar-refractivity contribution in [3.63, 3.8) is 0 Å². The van der Waals surface area contributed by atoms with Gasteiger partial charge in [-0.3, -0.25) is 9.69 Å². The maximum atomic E-state index is 11.8. The predicted molar refractivity (Wildman–Crippen MR) is 68.3 cm³/mol. The number of hydrogen-bond donors (Lipinski definition) is 1. The first-order valence-corrected chi connectivity index (χ1v) is 5.93. The van der Waals surface area contributed by atoms with Crippen LogP contribution in [0.4, 0.5) is 5.69 Å². The molecular weight excluding hydrogens is 214 g/mol. The molecule has 0 radical (unpaired) electrons. The molecule has 17 heavy (non-hydrogen) atoms. The van der Waals surface area contributed by atoms with E-state index in [1.807, 2.05) is 26.1 Å². The molecule has 0 aromatic heterocycles. The smallest absolute Gasteiger partial charge is 0.236 e. The number of carbonyl (C=O) groups excluding carboxylic acids is 1. The molecule has 0 bridgehead atoms. The van der Waals surface area contributed by atoms with Crippen LogP contribution in [0.2, 0.25) is 0 Å². The quantitative estimate of drug-likeness (QED) is 0.794. The molecule has 4 heteroatoms. The monoisotopic (exact) mass is 233 g/mol. The van der Waals surface area contributed by atoms with Gasteiger partial charge in [0.25, 0.3) is 0 Å². The zero-order valence-electron chi connectivity index (χ0n) is 10.4. The van der Waals surface area contributed by atoms with Gasteiger partial charge < -0.3 is 10.6 Å². The maximum absolute atomic E-state index is 11.8. The van der Waals surface area contributed by atoms with Crippen molar-refractivity contribution < 1.29 is 4.79 Å². The average Bonchev–Trinajstić information content (AvgIpc) is 2.69. The van der Waals surface area contributed by atoms with E-state index in [4.69, 9.17) is 5.73 Å². The summed E-state index contributed by atoms with van der Waals surface area (Å²) in [4.78, 5) is 15.7. The average molecular weight is 233 g/mol. The van der Waals surface area contributed by atoms with Crippen LogP contribution >= 0.6 is 0 Å². The van der Waals surface area contributed by atoms with Crippen LogP contribution in [0.15, 0.2) is 18.2 Å². The lowest BCUT2D eigenvalue weighted by Crippen LogP contribution is -2.35. The van der Waals surface area contributed by atoms with Crippen LogP contribution in [0, 0.1) is 0 Å². The van der Waals surface area contributed by atoms with Crippen LogP contribution in [0.25, 0.3) is 0 Å². The Morgan fingerprint density at radius 3 is 2.82 bits per heavy atom. The lowest BCUT2D eigenvalue weighted by Gasteiger charge is -2.19. The molecule has 0 fully saturated rings. The molecule has 0 unspecified atom stereocenters. The second-order valence-corrected chi connectivity index (χ2v) is 4.58. The number of nitrogens with zero attached hydrogens (tertiary/aromatic N) is 2. The molecule has 1 aliphatic rings. The minimum absolute atomic E-state index is 0.174. The van der Waals surface area contributed by atoms with Crippen LogP contribution in [-0.4, -0.2) is 35.8 Å². The highest BCUT2D eigenvalue weighted by molar-refractivity contribution is 5.78. The Morgan fingerprint density at radius 1 is 1.41 bits per heavy atom. The van der Waals surface area contributed by atoms with E-state index in [-0.39, 0.29) is 5.91 Å². The van der Waals surface area contributed by atoms with Gasteiger partial charge in [-0.05, 0) is 30.2 Å². The fraction of sp³-hybridized carbons (Fsp3) is 0.462. The van der Waals surface area contributed by atoms with Crippen molar-refractivity contribution in [2.75, 3.05) is 25.9 Å². The van der Waals surface area contributed by atoms with E-state index in [1.54, 1.807) is 4.90 Å². The molecule has 2 N–H and O–H groups in total. The van der Waals surface area contributed by atoms with E-state index in [1.165, 1.54) is 11.1 Å². The normalized spacial score (nSPS) is 14.7. The summed E-state index contributed by atoms with van der Waals surface area (Å²) in [6, 6.07) is 5.98. The minimum atomic E-state index is 0.174. The van der Waals surface area contributed by atoms with Crippen LogP contribution in [0.3, 0.4) is 0 Å². The largest absolute Gasteiger partial charge is 0.399 e. The highest BCUT2D eigenvalue weighted by Crippen LogP contribution is 2.24. The number of carbonyl (C=O) groups is 1. The molecule has 0 saturated carbocycles. The van der Waals surface area contributed by atoms with Gasteiger partial charge in [-0.25, -0.2) is 0 Å². The maximum Gasteiger partial charge on any atom is 0.236 e. The summed E-state index contributed by atoms with van der Waals surface area (Å²) < 4.78 is 0. The summed E-state index contributed by atoms with van der Waals surface area (Å²) in [5.74, 6) is 0.174. The lowest BCUT2D eigenvalue weighted by atomic mass is 10.1. The van der Waals surface area contributed by atoms with Crippen molar-refractivity contribution >= 4 is 11.6 Å². The first-order chi connectivity index (χ1) is 8.10. The summed E-state index contributed by atoms with van der Waals surface area (Å²) >= 11 is 0. The van der Waals surface area contributed by atoms with E-state index in [0.717, 1.165) is 25.3 Å². The number of amides is 1. The highest BCUT2D eigenvalue weighted by atomic mass is 16.2. The first kappa shape index (κ1) is 11.9. The molecular formula is C13H19N3O. The third-order valence-electron chi connectivity index (χ3n) is 3.28. The summed E-state index contributed by atoms with van der Waals surface area (Å²) in [7, 11) is 1.84. The summed E-state index contributed by atoms with van der Waals surface area (Å²) in [5, 5.41) is 0. The molecule has 1 heterocycles. The van der Waals surface area contributed by atoms with Gasteiger partial charge in [-0.2, -0.15) is 0 Å². The van der Waals surface area contributed by atoms with E-state index in [0.29, 0.717) is 6.54 Å². The topological polar surface area (TPSA) is 49.6 Å². The Morgan fingerprint density at radius 2 is 2.12 bits per heavy atom. The second kappa shape index (κ2) is 4.75. The van der Waals surface area contributed by atoms with Crippen LogP contribution in [0.5, 0.6) is 0 Å². The number of nitrogen functional groups attached to an aromatic ring is 1. The number of hydrogen-bond acceptors (Lipinski definition) is 3. The highest BCUT2D eigenvalue weighted by Gasteiger charge is 2.21. The molecule has 0 spiro atoms. The van der Waals surface area contributed by atoms with Crippen LogP contribution < -0.4 is 5.73 Å². The van der Waals surface area contributed by atoms with Gasteiger partial charge in [0, 0.05) is 32.4 Å². The van der Waals surface area contributed by atoms with Crippen molar-refractivity contribution in [1.82, 2.24) is 9.80 Å². The van der Waals surface area contributed by atoms with Crippen LogP contribution in [-0.2, 0) is 17.9 Å². The molecule has 92 valence electrons. The van der Waals surface area contributed by atoms with Gasteiger partial charge in [-0.1, -0.05) is 6.07 Å². The van der Waals surface area contributed by atoms with E-state index in [2.05, 4.69) is 11.0 Å². The van der Waals surface area contributed by atoms with Crippen molar-refractivity contribution in [1.29, 1.82) is 0 Å². The minimum Gasteiger partial charge on any atom is -0.399 e. The molecule has 1 aromatic carbocycles. The Kier molecular flexibility index (Phi) is 3.33. The number of rotatable bonds is 3. The van der Waals surface area contributed by atoms with Crippen molar-refractivity contribution in [2.45, 2.75) is 20.0 Å². The van der Waals surface area contributed by atoms with E-state index >= 15 is 0 Å².